The molecule has 0 aromatic carbocycles. The van der Waals surface area contributed by atoms with Crippen LogP contribution in [0.2, 0.25) is 0 Å². The number of nitrogens with two attached hydrogens (primary N) is 1. The fraction of sp³-hybridized carbons (Fsp3) is 0.846. The number of rotatable bonds is 7. The van der Waals surface area contributed by atoms with E-state index in [1.807, 2.05) is 4.90 Å². The van der Waals surface area contributed by atoms with Gasteiger partial charge in [-0.15, -0.1) is 0 Å². The van der Waals surface area contributed by atoms with Gasteiger partial charge in [0.05, 0.1) is 17.0 Å². The second-order valence-electron chi connectivity index (χ2n) is 5.52. The first-order valence-corrected chi connectivity index (χ1v) is 7.03. The van der Waals surface area contributed by atoms with Crippen molar-refractivity contribution in [2.24, 2.45) is 17.1 Å². The summed E-state index contributed by atoms with van der Waals surface area (Å²) in [6.45, 7) is 3.33. The lowest BCUT2D eigenvalue weighted by Crippen LogP contribution is -2.48. The van der Waals surface area contributed by atoms with Crippen molar-refractivity contribution in [3.05, 3.63) is 0 Å². The molecule has 102 valence electrons. The molecule has 0 spiro atoms. The first-order valence-electron chi connectivity index (χ1n) is 6.63. The Bertz CT molecular complexity index is 351. The average molecular weight is 270 g/mol. The van der Waals surface area contributed by atoms with Crippen LogP contribution in [0, 0.1) is 11.3 Å². The largest absolute Gasteiger partial charge is 0.392 e. The molecular weight excluding hydrogens is 248 g/mol. The summed E-state index contributed by atoms with van der Waals surface area (Å²) in [5.41, 5.74) is 5.21. The van der Waals surface area contributed by atoms with Gasteiger partial charge in [-0.2, -0.15) is 0 Å². The predicted molar refractivity (Wildman–Crippen MR) is 74.2 cm³/mol. The number of ether oxygens (including phenoxy) is 1. The van der Waals surface area contributed by atoms with Crippen LogP contribution in [0.3, 0.4) is 0 Å². The SMILES string of the molecule is COCCN(C(=O)C1(C(N)=S)CC1)C(C)C1CC1. The molecule has 1 atom stereocenters. The van der Waals surface area contributed by atoms with Crippen LogP contribution >= 0.6 is 12.2 Å². The number of methoxy groups -OCH3 is 1. The number of hydrogen-bond acceptors (Lipinski definition) is 3. The molecule has 1 amide bonds. The Labute approximate surface area is 114 Å². The number of nitrogens with zero attached hydrogens (tertiary/aromatic N) is 1. The number of carbonyl (C=O) groups excluding carboxylic acids is 1. The van der Waals surface area contributed by atoms with Gasteiger partial charge in [-0.25, -0.2) is 0 Å². The molecule has 18 heavy (non-hydrogen) atoms. The summed E-state index contributed by atoms with van der Waals surface area (Å²) in [6, 6.07) is 0.277. The van der Waals surface area contributed by atoms with Gasteiger partial charge in [0, 0.05) is 19.7 Å². The van der Waals surface area contributed by atoms with Crippen LogP contribution in [0.15, 0.2) is 0 Å². The quantitative estimate of drug-likeness (QED) is 0.709. The maximum absolute atomic E-state index is 12.7. The van der Waals surface area contributed by atoms with Crippen LogP contribution in [0.5, 0.6) is 0 Å². The van der Waals surface area contributed by atoms with Crippen molar-refractivity contribution in [3.63, 3.8) is 0 Å². The highest BCUT2D eigenvalue weighted by atomic mass is 32.1. The van der Waals surface area contributed by atoms with E-state index in [2.05, 4.69) is 6.92 Å². The van der Waals surface area contributed by atoms with Crippen molar-refractivity contribution in [3.8, 4) is 0 Å². The molecule has 0 aliphatic heterocycles. The Balaban J connectivity index is 2.07. The van der Waals surface area contributed by atoms with Gasteiger partial charge in [0.25, 0.3) is 0 Å². The molecule has 0 bridgehead atoms. The summed E-state index contributed by atoms with van der Waals surface area (Å²) < 4.78 is 5.11. The van der Waals surface area contributed by atoms with Crippen molar-refractivity contribution in [1.82, 2.24) is 4.90 Å². The number of amides is 1. The van der Waals surface area contributed by atoms with E-state index < -0.39 is 5.41 Å². The van der Waals surface area contributed by atoms with Gasteiger partial charge >= 0.3 is 0 Å². The van der Waals surface area contributed by atoms with E-state index in [1.54, 1.807) is 7.11 Å². The summed E-state index contributed by atoms with van der Waals surface area (Å²) in [5.74, 6) is 0.763. The maximum atomic E-state index is 12.7. The molecule has 0 aromatic rings. The summed E-state index contributed by atoms with van der Waals surface area (Å²) >= 11 is 5.07. The summed E-state index contributed by atoms with van der Waals surface area (Å²) in [7, 11) is 1.66. The standard InChI is InChI=1S/C13H22N2O2S/c1-9(10-3-4-10)15(7-8-17-2)12(16)13(5-6-13)11(14)18/h9-10H,3-8H2,1-2H3,(H2,14,18). The highest BCUT2D eigenvalue weighted by molar-refractivity contribution is 7.80. The summed E-state index contributed by atoms with van der Waals surface area (Å²) in [4.78, 5) is 14.9. The molecule has 2 N–H and O–H groups in total. The topological polar surface area (TPSA) is 55.6 Å². The van der Waals surface area contributed by atoms with Crippen LogP contribution in [0.25, 0.3) is 0 Å². The maximum Gasteiger partial charge on any atom is 0.235 e. The molecule has 2 fully saturated rings. The summed E-state index contributed by atoms with van der Waals surface area (Å²) in [6.07, 6.45) is 4.06. The number of thiocarbonyl (C=S) groups is 1. The van der Waals surface area contributed by atoms with Gasteiger partial charge < -0.3 is 15.4 Å². The molecule has 4 nitrogen and oxygen atoms in total. The predicted octanol–water partition coefficient (Wildman–Crippen LogP) is 1.33. The van der Waals surface area contributed by atoms with Crippen LogP contribution < -0.4 is 5.73 Å². The van der Waals surface area contributed by atoms with Crippen LogP contribution in [-0.2, 0) is 9.53 Å². The van der Waals surface area contributed by atoms with Gasteiger partial charge in [0.15, 0.2) is 0 Å². The van der Waals surface area contributed by atoms with Gasteiger partial charge in [0.2, 0.25) is 5.91 Å². The van der Waals surface area contributed by atoms with Crippen LogP contribution in [0.4, 0.5) is 0 Å². The molecule has 0 saturated heterocycles. The third-order valence-electron chi connectivity index (χ3n) is 4.22. The molecule has 0 heterocycles. The molecule has 1 unspecified atom stereocenters. The Morgan fingerprint density at radius 3 is 2.56 bits per heavy atom. The number of carbonyl (C=O) groups is 1. The van der Waals surface area contributed by atoms with Gasteiger partial charge in [0.1, 0.15) is 0 Å². The first kappa shape index (κ1) is 13.7. The second-order valence-corrected chi connectivity index (χ2v) is 5.96. The third-order valence-corrected chi connectivity index (χ3v) is 4.61. The van der Waals surface area contributed by atoms with Crippen LogP contribution in [-0.4, -0.2) is 42.1 Å². The minimum atomic E-state index is -0.535. The molecule has 0 radical (unpaired) electrons. The average Bonchev–Trinajstić information content (AvgIpc) is 3.18. The van der Waals surface area contributed by atoms with E-state index in [9.17, 15) is 4.79 Å². The van der Waals surface area contributed by atoms with Crippen molar-refractivity contribution >= 4 is 23.1 Å². The van der Waals surface area contributed by atoms with Crippen molar-refractivity contribution in [2.45, 2.75) is 38.6 Å². The van der Waals surface area contributed by atoms with E-state index in [4.69, 9.17) is 22.7 Å². The highest BCUT2D eigenvalue weighted by Crippen LogP contribution is 2.48. The smallest absolute Gasteiger partial charge is 0.235 e. The molecule has 2 aliphatic rings. The first-order chi connectivity index (χ1) is 8.53. The lowest BCUT2D eigenvalue weighted by Gasteiger charge is -2.32. The monoisotopic (exact) mass is 270 g/mol. The zero-order valence-electron chi connectivity index (χ0n) is 11.1. The highest BCUT2D eigenvalue weighted by Gasteiger charge is 2.55. The van der Waals surface area contributed by atoms with E-state index in [0.29, 0.717) is 24.1 Å². The Morgan fingerprint density at radius 1 is 1.56 bits per heavy atom. The second kappa shape index (κ2) is 5.13. The number of hydrogen-bond donors (Lipinski definition) is 1. The molecule has 0 aromatic heterocycles. The van der Waals surface area contributed by atoms with Crippen molar-refractivity contribution < 1.29 is 9.53 Å². The fourth-order valence-corrected chi connectivity index (χ4v) is 2.77. The molecule has 2 saturated carbocycles. The molecule has 5 heteroatoms. The molecular formula is C13H22N2O2S. The van der Waals surface area contributed by atoms with Gasteiger partial charge in [-0.1, -0.05) is 12.2 Å². The van der Waals surface area contributed by atoms with E-state index in [0.717, 1.165) is 12.8 Å². The third kappa shape index (κ3) is 2.52. The van der Waals surface area contributed by atoms with E-state index >= 15 is 0 Å². The lowest BCUT2D eigenvalue weighted by molar-refractivity contribution is -0.137. The molecule has 2 aliphatic carbocycles. The molecule has 2 rings (SSSR count). The van der Waals surface area contributed by atoms with Crippen molar-refractivity contribution in [1.29, 1.82) is 0 Å². The van der Waals surface area contributed by atoms with Crippen molar-refractivity contribution in [2.75, 3.05) is 20.3 Å². The van der Waals surface area contributed by atoms with Crippen LogP contribution in [0.1, 0.15) is 32.6 Å². The Morgan fingerprint density at radius 2 is 2.17 bits per heavy atom. The zero-order chi connectivity index (χ0) is 13.3. The Kier molecular flexibility index (Phi) is 3.92. The minimum absolute atomic E-state index is 0.117. The lowest BCUT2D eigenvalue weighted by atomic mass is 10.0. The van der Waals surface area contributed by atoms with E-state index in [-0.39, 0.29) is 11.9 Å². The normalized spacial score (nSPS) is 22.3. The van der Waals surface area contributed by atoms with Gasteiger partial charge in [-0.3, -0.25) is 4.79 Å². The Hall–Kier alpha value is -0.680. The minimum Gasteiger partial charge on any atom is -0.392 e. The summed E-state index contributed by atoms with van der Waals surface area (Å²) in [5, 5.41) is 0. The van der Waals surface area contributed by atoms with Gasteiger partial charge in [-0.05, 0) is 38.5 Å². The zero-order valence-corrected chi connectivity index (χ0v) is 12.0. The fourth-order valence-electron chi connectivity index (χ4n) is 2.48. The van der Waals surface area contributed by atoms with E-state index in [1.165, 1.54) is 12.8 Å².